The van der Waals surface area contributed by atoms with Gasteiger partial charge in [-0.15, -0.1) is 0 Å². The van der Waals surface area contributed by atoms with E-state index in [-0.39, 0.29) is 0 Å². The number of nitrogen functional groups attached to an aromatic ring is 1. The third-order valence-electron chi connectivity index (χ3n) is 3.08. The number of nitrogens with two attached hydrogens (primary N) is 1. The SMILES string of the molecule is COc1cccc(Sc2ccc(N)c3ccncc23)c1. The Morgan fingerprint density at radius 1 is 1.10 bits per heavy atom. The molecule has 0 fully saturated rings. The van der Waals surface area contributed by atoms with E-state index in [1.165, 1.54) is 0 Å². The summed E-state index contributed by atoms with van der Waals surface area (Å²) in [6.45, 7) is 0. The summed E-state index contributed by atoms with van der Waals surface area (Å²) in [5, 5.41) is 2.10. The van der Waals surface area contributed by atoms with Gasteiger partial charge in [-0.2, -0.15) is 0 Å². The second kappa shape index (κ2) is 5.43. The second-order valence-corrected chi connectivity index (χ2v) is 5.47. The van der Waals surface area contributed by atoms with Crippen molar-refractivity contribution in [3.63, 3.8) is 0 Å². The molecule has 1 aromatic heterocycles. The molecule has 0 saturated heterocycles. The minimum Gasteiger partial charge on any atom is -0.497 e. The number of methoxy groups -OCH3 is 1. The number of anilines is 1. The molecule has 0 unspecified atom stereocenters. The molecule has 3 nitrogen and oxygen atoms in total. The Morgan fingerprint density at radius 3 is 2.85 bits per heavy atom. The Labute approximate surface area is 121 Å². The lowest BCUT2D eigenvalue weighted by atomic mass is 10.1. The zero-order valence-corrected chi connectivity index (χ0v) is 11.9. The fourth-order valence-corrected chi connectivity index (χ4v) is 3.05. The van der Waals surface area contributed by atoms with Crippen LogP contribution in [0.5, 0.6) is 5.75 Å². The van der Waals surface area contributed by atoms with E-state index < -0.39 is 0 Å². The highest BCUT2D eigenvalue weighted by Gasteiger charge is 2.06. The van der Waals surface area contributed by atoms with Crippen molar-refractivity contribution in [3.8, 4) is 5.75 Å². The molecule has 0 atom stereocenters. The zero-order valence-electron chi connectivity index (χ0n) is 11.0. The summed E-state index contributed by atoms with van der Waals surface area (Å²) < 4.78 is 5.25. The van der Waals surface area contributed by atoms with E-state index in [0.717, 1.165) is 32.0 Å². The lowest BCUT2D eigenvalue weighted by Gasteiger charge is -2.09. The Hall–Kier alpha value is -2.20. The van der Waals surface area contributed by atoms with Crippen LogP contribution in [0.15, 0.2) is 64.6 Å². The first kappa shape index (κ1) is 12.8. The number of hydrogen-bond acceptors (Lipinski definition) is 4. The lowest BCUT2D eigenvalue weighted by Crippen LogP contribution is -1.89. The van der Waals surface area contributed by atoms with Crippen molar-refractivity contribution in [1.82, 2.24) is 4.98 Å². The van der Waals surface area contributed by atoms with Crippen LogP contribution in [0, 0.1) is 0 Å². The highest BCUT2D eigenvalue weighted by molar-refractivity contribution is 7.99. The number of aromatic nitrogens is 1. The summed E-state index contributed by atoms with van der Waals surface area (Å²) in [6.07, 6.45) is 3.62. The average molecular weight is 282 g/mol. The van der Waals surface area contributed by atoms with Crippen LogP contribution in [-0.4, -0.2) is 12.1 Å². The predicted octanol–water partition coefficient (Wildman–Crippen LogP) is 3.98. The van der Waals surface area contributed by atoms with E-state index in [2.05, 4.69) is 11.1 Å². The number of benzene rings is 2. The quantitative estimate of drug-likeness (QED) is 0.738. The van der Waals surface area contributed by atoms with Crippen LogP contribution in [-0.2, 0) is 0 Å². The summed E-state index contributed by atoms with van der Waals surface area (Å²) in [5.41, 5.74) is 6.78. The summed E-state index contributed by atoms with van der Waals surface area (Å²) in [7, 11) is 1.67. The Morgan fingerprint density at radius 2 is 2.00 bits per heavy atom. The number of nitrogens with zero attached hydrogens (tertiary/aromatic N) is 1. The molecule has 3 aromatic rings. The van der Waals surface area contributed by atoms with Crippen molar-refractivity contribution in [2.24, 2.45) is 0 Å². The van der Waals surface area contributed by atoms with Gasteiger partial charge in [0, 0.05) is 38.6 Å². The number of pyridine rings is 1. The molecule has 3 rings (SSSR count). The number of ether oxygens (including phenoxy) is 1. The Kier molecular flexibility index (Phi) is 3.48. The van der Waals surface area contributed by atoms with Crippen LogP contribution >= 0.6 is 11.8 Å². The molecular formula is C16H14N2OS. The first-order valence-corrected chi connectivity index (χ1v) is 7.03. The average Bonchev–Trinajstić information content (AvgIpc) is 2.51. The molecule has 0 aliphatic heterocycles. The van der Waals surface area contributed by atoms with E-state index in [1.54, 1.807) is 25.1 Å². The molecule has 4 heteroatoms. The number of rotatable bonds is 3. The third-order valence-corrected chi connectivity index (χ3v) is 4.15. The molecule has 0 bridgehead atoms. The van der Waals surface area contributed by atoms with Crippen molar-refractivity contribution in [3.05, 3.63) is 54.9 Å². The monoisotopic (exact) mass is 282 g/mol. The van der Waals surface area contributed by atoms with E-state index in [4.69, 9.17) is 10.5 Å². The summed E-state index contributed by atoms with van der Waals surface area (Å²) >= 11 is 1.68. The van der Waals surface area contributed by atoms with Gasteiger partial charge in [-0.1, -0.05) is 17.8 Å². The maximum absolute atomic E-state index is 6.01. The van der Waals surface area contributed by atoms with Gasteiger partial charge in [0.1, 0.15) is 5.75 Å². The molecular weight excluding hydrogens is 268 g/mol. The fourth-order valence-electron chi connectivity index (χ4n) is 2.07. The fraction of sp³-hybridized carbons (Fsp3) is 0.0625. The van der Waals surface area contributed by atoms with Crippen LogP contribution in [0.3, 0.4) is 0 Å². The van der Waals surface area contributed by atoms with Gasteiger partial charge in [-0.3, -0.25) is 4.98 Å². The molecule has 2 N–H and O–H groups in total. The van der Waals surface area contributed by atoms with Crippen molar-refractivity contribution in [2.75, 3.05) is 12.8 Å². The predicted molar refractivity (Wildman–Crippen MR) is 83.3 cm³/mol. The summed E-state index contributed by atoms with van der Waals surface area (Å²) in [6, 6.07) is 13.9. The van der Waals surface area contributed by atoms with Crippen LogP contribution in [0.1, 0.15) is 0 Å². The maximum Gasteiger partial charge on any atom is 0.119 e. The van der Waals surface area contributed by atoms with E-state index in [1.807, 2.05) is 42.6 Å². The molecule has 2 aromatic carbocycles. The van der Waals surface area contributed by atoms with Crippen molar-refractivity contribution in [2.45, 2.75) is 9.79 Å². The largest absolute Gasteiger partial charge is 0.497 e. The van der Waals surface area contributed by atoms with Crippen LogP contribution < -0.4 is 10.5 Å². The van der Waals surface area contributed by atoms with Gasteiger partial charge in [0.2, 0.25) is 0 Å². The summed E-state index contributed by atoms with van der Waals surface area (Å²) in [5.74, 6) is 0.855. The van der Waals surface area contributed by atoms with Crippen LogP contribution in [0.4, 0.5) is 5.69 Å². The van der Waals surface area contributed by atoms with E-state index in [0.29, 0.717) is 0 Å². The van der Waals surface area contributed by atoms with Gasteiger partial charge in [-0.05, 0) is 36.4 Å². The second-order valence-electron chi connectivity index (χ2n) is 4.36. The molecule has 20 heavy (non-hydrogen) atoms. The summed E-state index contributed by atoms with van der Waals surface area (Å²) in [4.78, 5) is 6.46. The smallest absolute Gasteiger partial charge is 0.119 e. The standard InChI is InChI=1S/C16H14N2OS/c1-19-11-3-2-4-12(9-11)20-16-6-5-15(17)13-7-8-18-10-14(13)16/h2-10H,17H2,1H3. The molecule has 0 aliphatic rings. The first-order chi connectivity index (χ1) is 9.78. The molecule has 0 amide bonds. The van der Waals surface area contributed by atoms with Gasteiger partial charge in [0.15, 0.2) is 0 Å². The first-order valence-electron chi connectivity index (χ1n) is 6.22. The highest BCUT2D eigenvalue weighted by Crippen LogP contribution is 2.36. The Bertz CT molecular complexity index is 758. The normalized spacial score (nSPS) is 10.7. The molecule has 0 aliphatic carbocycles. The van der Waals surface area contributed by atoms with Crippen molar-refractivity contribution in [1.29, 1.82) is 0 Å². The minimum absolute atomic E-state index is 0.775. The lowest BCUT2D eigenvalue weighted by molar-refractivity contribution is 0.413. The molecule has 100 valence electrons. The van der Waals surface area contributed by atoms with Gasteiger partial charge in [-0.25, -0.2) is 0 Å². The third kappa shape index (κ3) is 2.42. The maximum atomic E-state index is 6.01. The number of fused-ring (bicyclic) bond motifs is 1. The zero-order chi connectivity index (χ0) is 13.9. The Balaban J connectivity index is 2.04. The van der Waals surface area contributed by atoms with Crippen LogP contribution in [0.2, 0.25) is 0 Å². The van der Waals surface area contributed by atoms with Gasteiger partial charge >= 0.3 is 0 Å². The van der Waals surface area contributed by atoms with E-state index >= 15 is 0 Å². The van der Waals surface area contributed by atoms with Gasteiger partial charge in [0.25, 0.3) is 0 Å². The molecule has 0 spiro atoms. The van der Waals surface area contributed by atoms with Crippen molar-refractivity contribution >= 4 is 28.2 Å². The highest BCUT2D eigenvalue weighted by atomic mass is 32.2. The topological polar surface area (TPSA) is 48.1 Å². The van der Waals surface area contributed by atoms with E-state index in [9.17, 15) is 0 Å². The minimum atomic E-state index is 0.775. The molecule has 0 radical (unpaired) electrons. The molecule has 0 saturated carbocycles. The van der Waals surface area contributed by atoms with Gasteiger partial charge < -0.3 is 10.5 Å². The van der Waals surface area contributed by atoms with Crippen LogP contribution in [0.25, 0.3) is 10.8 Å². The van der Waals surface area contributed by atoms with Gasteiger partial charge in [0.05, 0.1) is 7.11 Å². The molecule has 1 heterocycles. The number of hydrogen-bond donors (Lipinski definition) is 1. The van der Waals surface area contributed by atoms with Crippen molar-refractivity contribution < 1.29 is 4.74 Å².